The van der Waals surface area contributed by atoms with E-state index in [1.165, 1.54) is 91.1 Å². The van der Waals surface area contributed by atoms with E-state index in [1.807, 2.05) is 6.92 Å². The fraction of sp³-hybridized carbons (Fsp3) is 0.147. The van der Waals surface area contributed by atoms with Gasteiger partial charge in [0.2, 0.25) is 17.8 Å². The minimum Gasteiger partial charge on any atom is -0.355 e. The van der Waals surface area contributed by atoms with Crippen molar-refractivity contribution in [3.63, 3.8) is 0 Å². The number of rotatable bonds is 28. The van der Waals surface area contributed by atoms with Gasteiger partial charge in [0.15, 0.2) is 33.4 Å². The third-order valence-corrected chi connectivity index (χ3v) is 23.8. The number of fused-ring (bicyclic) bond motifs is 4. The van der Waals surface area contributed by atoms with Crippen LogP contribution in [0.4, 0.5) is 46.3 Å². The Kier molecular flexibility index (Phi) is 31.0. The average Bonchev–Trinajstić information content (AvgIpc) is 0.710. The van der Waals surface area contributed by atoms with Crippen LogP contribution in [0.2, 0.25) is 0 Å². The van der Waals surface area contributed by atoms with Crippen molar-refractivity contribution in [1.82, 2.24) is 39.0 Å². The highest BCUT2D eigenvalue weighted by Gasteiger charge is 2.37. The van der Waals surface area contributed by atoms with Crippen molar-refractivity contribution < 1.29 is 122 Å². The maximum absolute atomic E-state index is 14.9. The number of aromatic nitrogens is 8. The van der Waals surface area contributed by atoms with E-state index in [0.29, 0.717) is 28.6 Å². The van der Waals surface area contributed by atoms with Gasteiger partial charge in [-0.2, -0.15) is 58.6 Å². The Hall–Kier alpha value is -13.3. The van der Waals surface area contributed by atoms with E-state index in [-0.39, 0.29) is 160 Å². The summed E-state index contributed by atoms with van der Waals surface area (Å²) in [6.45, 7) is 1.99. The number of aryl methyl sites for hydroxylation is 2. The quantitative estimate of drug-likeness (QED) is 0.0108. The zero-order chi connectivity index (χ0) is 93.8. The van der Waals surface area contributed by atoms with Crippen LogP contribution < -0.4 is 37.7 Å². The van der Waals surface area contributed by atoms with Crippen molar-refractivity contribution in [2.75, 3.05) is 56.9 Å². The number of ketones is 4. The SMILES string of the molecule is CCCSc1nc(NCCNc2nc(Cc3cc(Nc4ccc5c6c4C(=O)c4ccccc4-c6c(C(=O)c4ccccc4)c(=O)n5C)ccc3S(=O)(=O)O)nc(SCCCS(=O)(=O)O)n2)nc(Nc2ccc(S(=O)(=O)O)c(Nc3ccc4c5c3C(=O)c3ccccc3-c5c(C(=O)c3cccc(S(=O)(=O)O)c3)c(=O)n4C)c2)n1.O=S(=O)=O.O=S(=O)=O.O=S(=O)=O.O=S(=O)=O. The third-order valence-electron chi connectivity index (χ3n) is 18.3. The van der Waals surface area contributed by atoms with Crippen LogP contribution >= 0.6 is 23.5 Å². The molecule has 4 heterocycles. The molecule has 2 aliphatic rings. The first-order valence-electron chi connectivity index (χ1n) is 36.0. The molecule has 0 aliphatic heterocycles. The van der Waals surface area contributed by atoms with E-state index in [4.69, 9.17) is 50.5 Å². The van der Waals surface area contributed by atoms with Gasteiger partial charge in [0, 0.05) is 101 Å². The molecule has 0 saturated carbocycles. The number of benzene rings is 8. The Morgan fingerprint density at radius 1 is 0.422 bits per heavy atom. The van der Waals surface area contributed by atoms with Crippen LogP contribution in [0, 0.1) is 0 Å². The maximum Gasteiger partial charge on any atom is 0.425 e. The summed E-state index contributed by atoms with van der Waals surface area (Å²) in [5, 5.41) is 16.2. The number of pyridine rings is 2. The van der Waals surface area contributed by atoms with Crippen molar-refractivity contribution in [2.24, 2.45) is 14.1 Å². The van der Waals surface area contributed by atoms with Crippen molar-refractivity contribution in [3.8, 4) is 22.3 Å². The Bertz CT molecular complexity index is 7600. The summed E-state index contributed by atoms with van der Waals surface area (Å²) in [6.07, 6.45) is 0.279. The van der Waals surface area contributed by atoms with Crippen molar-refractivity contribution in [2.45, 2.75) is 51.2 Å². The summed E-state index contributed by atoms with van der Waals surface area (Å²) in [6, 6.07) is 39.1. The summed E-state index contributed by atoms with van der Waals surface area (Å²) in [5.74, 6) is -2.63. The second kappa shape index (κ2) is 41.0. The molecule has 0 bridgehead atoms. The molecule has 0 atom stereocenters. The number of carbonyl (C=O) groups excluding carboxylic acids is 4. The highest BCUT2D eigenvalue weighted by Crippen LogP contribution is 2.47. The molecule has 43 nitrogen and oxygen atoms in total. The summed E-state index contributed by atoms with van der Waals surface area (Å²) < 4.78 is 245. The molecule has 4 aromatic heterocycles. The maximum atomic E-state index is 14.9. The first kappa shape index (κ1) is 96.9. The van der Waals surface area contributed by atoms with Gasteiger partial charge in [-0.15, -0.1) is 50.5 Å². The summed E-state index contributed by atoms with van der Waals surface area (Å²) in [5.41, 5.74) is -0.219. The number of nitrogens with one attached hydrogen (secondary N) is 5. The number of hydrogen-bond acceptors (Lipinski definition) is 39. The molecule has 128 heavy (non-hydrogen) atoms. The van der Waals surface area contributed by atoms with Gasteiger partial charge in [0.05, 0.1) is 65.9 Å². The highest BCUT2D eigenvalue weighted by molar-refractivity contribution is 7.99. The van der Waals surface area contributed by atoms with E-state index in [2.05, 4.69) is 56.5 Å². The number of anilines is 8. The van der Waals surface area contributed by atoms with Gasteiger partial charge in [-0.3, -0.25) is 47.0 Å². The van der Waals surface area contributed by atoms with Gasteiger partial charge in [0.1, 0.15) is 10.7 Å². The first-order chi connectivity index (χ1) is 60.3. The van der Waals surface area contributed by atoms with Crippen molar-refractivity contribution in [3.05, 3.63) is 240 Å². The lowest BCUT2D eigenvalue weighted by atomic mass is 9.80. The lowest BCUT2D eigenvalue weighted by molar-refractivity contribution is 0.102. The summed E-state index contributed by atoms with van der Waals surface area (Å²) >= 11 is 2.28. The number of hydrogen-bond donors (Lipinski definition) is 9. The third kappa shape index (κ3) is 23.7. The van der Waals surface area contributed by atoms with Gasteiger partial charge >= 0.3 is 42.4 Å². The molecule has 0 radical (unpaired) electrons. The molecule has 0 saturated heterocycles. The van der Waals surface area contributed by atoms with Gasteiger partial charge in [0.25, 0.3) is 51.6 Å². The van der Waals surface area contributed by atoms with E-state index in [1.54, 1.807) is 78.9 Å². The van der Waals surface area contributed by atoms with Gasteiger partial charge < -0.3 is 35.7 Å². The number of carbonyl (C=O) groups is 4. The molecule has 53 heteroatoms. The largest absolute Gasteiger partial charge is 0.425 e. The molecule has 0 spiro atoms. The summed E-state index contributed by atoms with van der Waals surface area (Å²) in [7, 11) is -28.8. The van der Waals surface area contributed by atoms with Crippen LogP contribution in [0.5, 0.6) is 0 Å². The smallest absolute Gasteiger partial charge is 0.355 e. The van der Waals surface area contributed by atoms with Crippen LogP contribution in [-0.4, -0.2) is 195 Å². The molecule has 14 rings (SSSR count). The Labute approximate surface area is 737 Å². The lowest BCUT2D eigenvalue weighted by Crippen LogP contribution is -2.29. The predicted octanol–water partition coefficient (Wildman–Crippen LogP) is 6.59. The Morgan fingerprint density at radius 2 is 0.859 bits per heavy atom. The van der Waals surface area contributed by atoms with Crippen LogP contribution in [0.3, 0.4) is 0 Å². The monoisotopic (exact) mass is 1940 g/mol. The Morgan fingerprint density at radius 3 is 1.35 bits per heavy atom. The molecule has 2 aliphatic carbocycles. The van der Waals surface area contributed by atoms with E-state index < -0.39 is 150 Å². The average molecular weight is 1950 g/mol. The molecule has 9 N–H and O–H groups in total. The van der Waals surface area contributed by atoms with Gasteiger partial charge in [-0.25, -0.2) is 4.98 Å². The molecule has 12 aromatic rings. The number of thioether (sulfide) groups is 2. The van der Waals surface area contributed by atoms with Crippen LogP contribution in [0.1, 0.15) is 94.8 Å². The van der Waals surface area contributed by atoms with Gasteiger partial charge in [-0.1, -0.05) is 121 Å². The topological polar surface area (TPSA) is 672 Å². The molecule has 0 amide bonds. The predicted molar refractivity (Wildman–Crippen MR) is 459 cm³/mol. The summed E-state index contributed by atoms with van der Waals surface area (Å²) in [4.78, 5) is 113. The molecule has 0 fully saturated rings. The minimum atomic E-state index is -5.05. The van der Waals surface area contributed by atoms with Crippen molar-refractivity contribution in [1.29, 1.82) is 0 Å². The van der Waals surface area contributed by atoms with Gasteiger partial charge in [-0.05, 0) is 102 Å². The second-order valence-corrected chi connectivity index (χ2v) is 36.0. The highest BCUT2D eigenvalue weighted by atomic mass is 32.2. The van der Waals surface area contributed by atoms with Crippen molar-refractivity contribution >= 4 is 198 Å². The first-order valence-corrected chi connectivity index (χ1v) is 47.9. The standard InChI is InChI=1S/C75H61N13O18S6.4O3S/c1-4-32-107-75-85-72(83-73(86-75)79-43-23-29-55(112(104,105)106)51(38-43)80-50-25-27-53-62-58(46-19-9-11-21-48(46)68(92)60(50)62)64(70(94)88(53)3)66(90)40-16-12-17-44(36-40)110(98,99)100)77-31-30-76-71-81-56(82-74(84-71)108-33-13-34-109(95,96)97)37-41-35-42(22-28-54(41)111(101,102)103)78-49-24-26-52-61-57(45-18-8-10-20-47(45)67(91)59(49)61)63(69(93)87(52)2)65(89)39-14-6-5-7-15-39;4*1-4(2)3/h5-12,14-29,35-36,38,78,80H,4,13,30-34,37H2,1-3H3,(H,95,96,97)(H,98,99,100)(H,101,102,103)(H,104,105,106)(H,76,81,82,84)(H2,77,79,83,85,86);;;;. The van der Waals surface area contributed by atoms with Crippen LogP contribution in [0.25, 0.3) is 44.1 Å². The van der Waals surface area contributed by atoms with E-state index >= 15 is 0 Å². The second-order valence-electron chi connectivity index (χ2n) is 26.4. The lowest BCUT2D eigenvalue weighted by Gasteiger charge is -2.26. The molecule has 0 unspecified atom stereocenters. The van der Waals surface area contributed by atoms with E-state index in [9.17, 15) is 80.6 Å². The zero-order valence-corrected chi connectivity index (χ0v) is 73.5. The van der Waals surface area contributed by atoms with Crippen LogP contribution in [0.15, 0.2) is 198 Å². The zero-order valence-electron chi connectivity index (χ0n) is 65.3. The molecular weight excluding hydrogens is 1880 g/mol. The molecule has 8 aromatic carbocycles. The fourth-order valence-electron chi connectivity index (χ4n) is 13.4. The number of nitrogens with zero attached hydrogens (tertiary/aromatic N) is 8. The molecule has 666 valence electrons. The minimum absolute atomic E-state index is 0.0102. The molecular formula is C75H61N13O30S10. The van der Waals surface area contributed by atoms with Crippen LogP contribution in [-0.2, 0) is 103 Å². The normalized spacial score (nSPS) is 11.7. The van der Waals surface area contributed by atoms with E-state index in [0.717, 1.165) is 40.6 Å². The Balaban J connectivity index is 0.000000985. The fourth-order valence-corrected chi connectivity index (χ4v) is 17.4.